The predicted molar refractivity (Wildman–Crippen MR) is 90.8 cm³/mol. The minimum atomic E-state index is -0.555. The largest absolute Gasteiger partial charge is 0.452 e. The zero-order valence-electron chi connectivity index (χ0n) is 14.9. The minimum absolute atomic E-state index is 0.0102. The number of pyridine rings is 1. The summed E-state index contributed by atoms with van der Waals surface area (Å²) in [5.74, 6) is -0.420. The van der Waals surface area contributed by atoms with Gasteiger partial charge in [-0.15, -0.1) is 0 Å². The second-order valence-corrected chi connectivity index (χ2v) is 6.91. The van der Waals surface area contributed by atoms with Crippen molar-refractivity contribution in [3.05, 3.63) is 23.0 Å². The lowest BCUT2D eigenvalue weighted by Gasteiger charge is -2.30. The third-order valence-electron chi connectivity index (χ3n) is 4.77. The van der Waals surface area contributed by atoms with E-state index in [9.17, 15) is 9.59 Å². The Labute approximate surface area is 150 Å². The number of ether oxygens (including phenoxy) is 2. The topological polar surface area (TPSA) is 94.8 Å². The molecule has 0 spiro atoms. The molecule has 1 unspecified atom stereocenters. The SMILES string of the molecule is Cc1noc2nc(C3CC3)cc(C(=O)OCC(=O)N3CCOC(C)C3)c12. The van der Waals surface area contributed by atoms with Crippen molar-refractivity contribution in [1.29, 1.82) is 0 Å². The summed E-state index contributed by atoms with van der Waals surface area (Å²) >= 11 is 0. The van der Waals surface area contributed by atoms with Crippen LogP contribution in [0.15, 0.2) is 10.6 Å². The van der Waals surface area contributed by atoms with Crippen LogP contribution in [0.2, 0.25) is 0 Å². The van der Waals surface area contributed by atoms with E-state index in [1.54, 1.807) is 17.9 Å². The highest BCUT2D eigenvalue weighted by Crippen LogP contribution is 2.40. The summed E-state index contributed by atoms with van der Waals surface area (Å²) in [6.07, 6.45) is 2.09. The molecule has 8 nitrogen and oxygen atoms in total. The highest BCUT2D eigenvalue weighted by atomic mass is 16.5. The van der Waals surface area contributed by atoms with Gasteiger partial charge in [-0.05, 0) is 32.8 Å². The molecule has 1 saturated carbocycles. The molecule has 4 rings (SSSR count). The molecule has 0 aromatic carbocycles. The van der Waals surface area contributed by atoms with Crippen LogP contribution in [0.1, 0.15) is 47.4 Å². The Kier molecular flexibility index (Phi) is 4.36. The summed E-state index contributed by atoms with van der Waals surface area (Å²) < 4.78 is 16.0. The van der Waals surface area contributed by atoms with Gasteiger partial charge in [0.05, 0.1) is 29.4 Å². The lowest BCUT2D eigenvalue weighted by Crippen LogP contribution is -2.46. The molecule has 1 atom stereocenters. The molecule has 26 heavy (non-hydrogen) atoms. The van der Waals surface area contributed by atoms with Crippen molar-refractivity contribution < 1.29 is 23.6 Å². The molecule has 1 aliphatic carbocycles. The summed E-state index contributed by atoms with van der Waals surface area (Å²) in [4.78, 5) is 31.0. The molecule has 1 saturated heterocycles. The Morgan fingerprint density at radius 1 is 1.38 bits per heavy atom. The van der Waals surface area contributed by atoms with Gasteiger partial charge in [0.2, 0.25) is 0 Å². The minimum Gasteiger partial charge on any atom is -0.452 e. The van der Waals surface area contributed by atoms with Crippen LogP contribution in [0, 0.1) is 6.92 Å². The smallest absolute Gasteiger partial charge is 0.339 e. The molecule has 1 aliphatic heterocycles. The molecule has 0 bridgehead atoms. The van der Waals surface area contributed by atoms with E-state index in [0.29, 0.717) is 48.0 Å². The van der Waals surface area contributed by atoms with E-state index in [2.05, 4.69) is 10.1 Å². The lowest BCUT2D eigenvalue weighted by atomic mass is 10.1. The van der Waals surface area contributed by atoms with E-state index in [1.165, 1.54) is 0 Å². The number of amides is 1. The highest BCUT2D eigenvalue weighted by Gasteiger charge is 2.29. The van der Waals surface area contributed by atoms with Gasteiger partial charge in [-0.3, -0.25) is 4.79 Å². The number of aromatic nitrogens is 2. The summed E-state index contributed by atoms with van der Waals surface area (Å²) in [6.45, 7) is 4.88. The number of rotatable bonds is 4. The van der Waals surface area contributed by atoms with Gasteiger partial charge < -0.3 is 18.9 Å². The molecule has 3 heterocycles. The average Bonchev–Trinajstić information content (AvgIpc) is 3.42. The first-order valence-electron chi connectivity index (χ1n) is 8.86. The molecule has 2 aromatic rings. The van der Waals surface area contributed by atoms with Crippen LogP contribution in [0.3, 0.4) is 0 Å². The summed E-state index contributed by atoms with van der Waals surface area (Å²) in [6, 6.07) is 1.74. The second-order valence-electron chi connectivity index (χ2n) is 6.91. The van der Waals surface area contributed by atoms with Gasteiger partial charge in [0.1, 0.15) is 0 Å². The second kappa shape index (κ2) is 6.68. The molecule has 2 fully saturated rings. The van der Waals surface area contributed by atoms with Crippen LogP contribution in [0.4, 0.5) is 0 Å². The number of carbonyl (C=O) groups excluding carboxylic acids is 2. The van der Waals surface area contributed by atoms with Crippen molar-refractivity contribution in [2.45, 2.75) is 38.7 Å². The normalized spacial score (nSPS) is 20.4. The monoisotopic (exact) mass is 359 g/mol. The molecular formula is C18H21N3O5. The molecule has 0 radical (unpaired) electrons. The van der Waals surface area contributed by atoms with E-state index >= 15 is 0 Å². The first-order chi connectivity index (χ1) is 12.5. The Morgan fingerprint density at radius 3 is 2.92 bits per heavy atom. The lowest BCUT2D eigenvalue weighted by molar-refractivity contribution is -0.141. The standard InChI is InChI=1S/C18H21N3O5/c1-10-8-21(5-6-24-10)15(22)9-25-18(23)13-7-14(12-3-4-12)19-17-16(13)11(2)20-26-17/h7,10,12H,3-6,8-9H2,1-2H3. The molecule has 2 aliphatic rings. The van der Waals surface area contributed by atoms with E-state index < -0.39 is 5.97 Å². The van der Waals surface area contributed by atoms with Crippen molar-refractivity contribution in [2.24, 2.45) is 0 Å². The molecular weight excluding hydrogens is 338 g/mol. The number of hydrogen-bond donors (Lipinski definition) is 0. The number of fused-ring (bicyclic) bond motifs is 1. The molecule has 8 heteroatoms. The molecule has 138 valence electrons. The van der Waals surface area contributed by atoms with Crippen LogP contribution in [-0.4, -0.2) is 59.3 Å². The summed E-state index contributed by atoms with van der Waals surface area (Å²) in [5.41, 5.74) is 2.09. The maximum absolute atomic E-state index is 12.6. The maximum atomic E-state index is 12.6. The third kappa shape index (κ3) is 3.29. The van der Waals surface area contributed by atoms with E-state index in [0.717, 1.165) is 18.5 Å². The fraction of sp³-hybridized carbons (Fsp3) is 0.556. The molecule has 2 aromatic heterocycles. The zero-order valence-corrected chi connectivity index (χ0v) is 14.9. The van der Waals surface area contributed by atoms with Crippen molar-refractivity contribution >= 4 is 23.0 Å². The van der Waals surface area contributed by atoms with Gasteiger partial charge in [-0.2, -0.15) is 0 Å². The fourth-order valence-corrected chi connectivity index (χ4v) is 3.20. The molecule has 0 N–H and O–H groups in total. The van der Waals surface area contributed by atoms with E-state index in [1.807, 2.05) is 6.92 Å². The van der Waals surface area contributed by atoms with Gasteiger partial charge in [0.25, 0.3) is 11.6 Å². The van der Waals surface area contributed by atoms with Crippen LogP contribution in [-0.2, 0) is 14.3 Å². The first kappa shape index (κ1) is 17.0. The first-order valence-corrected chi connectivity index (χ1v) is 8.86. The van der Waals surface area contributed by atoms with Crippen LogP contribution >= 0.6 is 0 Å². The quantitative estimate of drug-likeness (QED) is 0.768. The summed E-state index contributed by atoms with van der Waals surface area (Å²) in [5, 5.41) is 4.45. The van der Waals surface area contributed by atoms with E-state index in [4.69, 9.17) is 14.0 Å². The average molecular weight is 359 g/mol. The molecule has 1 amide bonds. The number of esters is 1. The maximum Gasteiger partial charge on any atom is 0.339 e. The van der Waals surface area contributed by atoms with Crippen molar-refractivity contribution in [2.75, 3.05) is 26.3 Å². The number of morpholine rings is 1. The van der Waals surface area contributed by atoms with Gasteiger partial charge >= 0.3 is 5.97 Å². The Balaban J connectivity index is 1.50. The summed E-state index contributed by atoms with van der Waals surface area (Å²) in [7, 11) is 0. The van der Waals surface area contributed by atoms with Gasteiger partial charge in [-0.1, -0.05) is 5.16 Å². The number of nitrogens with zero attached hydrogens (tertiary/aromatic N) is 3. The Bertz CT molecular complexity index is 858. The third-order valence-corrected chi connectivity index (χ3v) is 4.77. The zero-order chi connectivity index (χ0) is 18.3. The van der Waals surface area contributed by atoms with Gasteiger partial charge in [-0.25, -0.2) is 9.78 Å². The van der Waals surface area contributed by atoms with Gasteiger partial charge in [0.15, 0.2) is 6.61 Å². The Morgan fingerprint density at radius 2 is 2.19 bits per heavy atom. The Hall–Kier alpha value is -2.48. The van der Waals surface area contributed by atoms with Gasteiger partial charge in [0, 0.05) is 24.7 Å². The van der Waals surface area contributed by atoms with E-state index in [-0.39, 0.29) is 18.6 Å². The van der Waals surface area contributed by atoms with Crippen LogP contribution in [0.25, 0.3) is 11.1 Å². The number of hydrogen-bond acceptors (Lipinski definition) is 7. The van der Waals surface area contributed by atoms with Crippen molar-refractivity contribution in [3.63, 3.8) is 0 Å². The number of aryl methyl sites for hydroxylation is 1. The van der Waals surface area contributed by atoms with Crippen LogP contribution < -0.4 is 0 Å². The fourth-order valence-electron chi connectivity index (χ4n) is 3.20. The predicted octanol–water partition coefficient (Wildman–Crippen LogP) is 1.81. The van der Waals surface area contributed by atoms with Crippen molar-refractivity contribution in [3.8, 4) is 0 Å². The van der Waals surface area contributed by atoms with Crippen LogP contribution in [0.5, 0.6) is 0 Å². The van der Waals surface area contributed by atoms with Crippen molar-refractivity contribution in [1.82, 2.24) is 15.0 Å². The number of carbonyl (C=O) groups is 2. The highest BCUT2D eigenvalue weighted by molar-refractivity contribution is 6.03.